The minimum atomic E-state index is 0.632. The van der Waals surface area contributed by atoms with Gasteiger partial charge in [0.15, 0.2) is 0 Å². The molecule has 0 bridgehead atoms. The van der Waals surface area contributed by atoms with Crippen molar-refractivity contribution in [2.24, 2.45) is 5.92 Å². The van der Waals surface area contributed by atoms with Crippen LogP contribution in [0.3, 0.4) is 0 Å². The van der Waals surface area contributed by atoms with Crippen molar-refractivity contribution in [2.75, 3.05) is 0 Å². The Balaban J connectivity index is 4.05. The van der Waals surface area contributed by atoms with Crippen molar-refractivity contribution in [3.05, 3.63) is 49.1 Å². The second-order valence-electron chi connectivity index (χ2n) is 5.65. The van der Waals surface area contributed by atoms with E-state index in [9.17, 15) is 0 Å². The van der Waals surface area contributed by atoms with Crippen LogP contribution in [0.15, 0.2) is 49.1 Å². The Morgan fingerprint density at radius 1 is 1.00 bits per heavy atom. The first kappa shape index (κ1) is 19.0. The van der Waals surface area contributed by atoms with Crippen LogP contribution in [0.4, 0.5) is 0 Å². The highest BCUT2D eigenvalue weighted by molar-refractivity contribution is 5.03. The molecule has 0 spiro atoms. The fourth-order valence-corrected chi connectivity index (χ4v) is 2.21. The number of allylic oxidation sites excluding steroid dienone is 6. The highest BCUT2D eigenvalue weighted by Gasteiger charge is 2.01. The predicted molar refractivity (Wildman–Crippen MR) is 94.0 cm³/mol. The van der Waals surface area contributed by atoms with Crippen molar-refractivity contribution in [1.29, 1.82) is 0 Å². The lowest BCUT2D eigenvalue weighted by Crippen LogP contribution is -1.93. The van der Waals surface area contributed by atoms with Crippen LogP contribution < -0.4 is 0 Å². The molecule has 0 saturated carbocycles. The van der Waals surface area contributed by atoms with Crippen LogP contribution in [-0.4, -0.2) is 0 Å². The van der Waals surface area contributed by atoms with E-state index in [4.69, 9.17) is 0 Å². The third-order valence-corrected chi connectivity index (χ3v) is 3.72. The number of unbranched alkanes of at least 4 members (excludes halogenated alkanes) is 4. The first-order chi connectivity index (χ1) is 9.74. The molecule has 1 unspecified atom stereocenters. The lowest BCUT2D eigenvalue weighted by molar-refractivity contribution is 0.624. The zero-order valence-electron chi connectivity index (χ0n) is 13.7. The summed E-state index contributed by atoms with van der Waals surface area (Å²) in [6.45, 7) is 12.0. The van der Waals surface area contributed by atoms with Crippen molar-refractivity contribution in [3.8, 4) is 0 Å². The third-order valence-electron chi connectivity index (χ3n) is 3.72. The van der Waals surface area contributed by atoms with Crippen LogP contribution in [0, 0.1) is 5.92 Å². The van der Waals surface area contributed by atoms with Crippen molar-refractivity contribution in [3.63, 3.8) is 0 Å². The molecule has 0 N–H and O–H groups in total. The average Bonchev–Trinajstić information content (AvgIpc) is 2.47. The van der Waals surface area contributed by atoms with E-state index in [1.54, 1.807) is 5.57 Å². The fraction of sp³-hybridized carbons (Fsp3) is 0.600. The standard InChI is InChI=1S/C20H34/c1-5-8-10-11-12-14-16-20(15-13-9-6-2)18-17-19(4)7-3/h5-8,16,19H,2-3,9-15,17-18H2,1,4H3. The predicted octanol–water partition coefficient (Wildman–Crippen LogP) is 7.01. The van der Waals surface area contributed by atoms with E-state index in [0.717, 1.165) is 6.42 Å². The smallest absolute Gasteiger partial charge is 0.0262 e. The van der Waals surface area contributed by atoms with Gasteiger partial charge in [0, 0.05) is 0 Å². The zero-order valence-corrected chi connectivity index (χ0v) is 13.7. The highest BCUT2D eigenvalue weighted by Crippen LogP contribution is 2.19. The van der Waals surface area contributed by atoms with Gasteiger partial charge in [-0.2, -0.15) is 0 Å². The summed E-state index contributed by atoms with van der Waals surface area (Å²) >= 11 is 0. The number of rotatable bonds is 13. The van der Waals surface area contributed by atoms with E-state index in [-0.39, 0.29) is 0 Å². The molecule has 0 amide bonds. The summed E-state index contributed by atoms with van der Waals surface area (Å²) in [4.78, 5) is 0. The van der Waals surface area contributed by atoms with Gasteiger partial charge in [0.1, 0.15) is 0 Å². The van der Waals surface area contributed by atoms with E-state index in [0.29, 0.717) is 5.92 Å². The van der Waals surface area contributed by atoms with Gasteiger partial charge in [0.2, 0.25) is 0 Å². The molecular formula is C20H34. The highest BCUT2D eigenvalue weighted by atomic mass is 14.1. The molecule has 0 rings (SSSR count). The second-order valence-corrected chi connectivity index (χ2v) is 5.65. The monoisotopic (exact) mass is 274 g/mol. The first-order valence-electron chi connectivity index (χ1n) is 8.27. The molecule has 0 aliphatic rings. The lowest BCUT2D eigenvalue weighted by atomic mass is 9.96. The molecule has 114 valence electrons. The third kappa shape index (κ3) is 12.0. The van der Waals surface area contributed by atoms with Crippen LogP contribution in [0.1, 0.15) is 71.6 Å². The SMILES string of the molecule is C=CCCCC(=CCCCCC=CC)CCC(C)C=C. The van der Waals surface area contributed by atoms with Gasteiger partial charge in [-0.3, -0.25) is 0 Å². The van der Waals surface area contributed by atoms with Gasteiger partial charge >= 0.3 is 0 Å². The van der Waals surface area contributed by atoms with Crippen molar-refractivity contribution in [2.45, 2.75) is 71.6 Å². The van der Waals surface area contributed by atoms with Gasteiger partial charge in [0.25, 0.3) is 0 Å². The molecule has 0 aromatic rings. The largest absolute Gasteiger partial charge is 0.103 e. The molecule has 20 heavy (non-hydrogen) atoms. The summed E-state index contributed by atoms with van der Waals surface area (Å²) < 4.78 is 0. The molecule has 0 aliphatic heterocycles. The van der Waals surface area contributed by atoms with Crippen molar-refractivity contribution < 1.29 is 0 Å². The molecule has 0 aromatic carbocycles. The number of hydrogen-bond donors (Lipinski definition) is 0. The van der Waals surface area contributed by atoms with Crippen LogP contribution in [0.5, 0.6) is 0 Å². The Kier molecular flexibility index (Phi) is 13.6. The van der Waals surface area contributed by atoms with E-state index in [1.807, 2.05) is 6.08 Å². The first-order valence-corrected chi connectivity index (χ1v) is 8.27. The molecule has 0 heterocycles. The van der Waals surface area contributed by atoms with Gasteiger partial charge in [-0.1, -0.05) is 42.9 Å². The lowest BCUT2D eigenvalue weighted by Gasteiger charge is -2.10. The minimum Gasteiger partial charge on any atom is -0.103 e. The minimum absolute atomic E-state index is 0.632. The van der Waals surface area contributed by atoms with Crippen LogP contribution in [0.2, 0.25) is 0 Å². The summed E-state index contributed by atoms with van der Waals surface area (Å²) in [5, 5.41) is 0. The van der Waals surface area contributed by atoms with E-state index < -0.39 is 0 Å². The van der Waals surface area contributed by atoms with E-state index in [1.165, 1.54) is 51.4 Å². The summed E-state index contributed by atoms with van der Waals surface area (Å²) in [5.74, 6) is 0.632. The Morgan fingerprint density at radius 2 is 1.75 bits per heavy atom. The van der Waals surface area contributed by atoms with Crippen LogP contribution in [-0.2, 0) is 0 Å². The van der Waals surface area contributed by atoms with Crippen molar-refractivity contribution in [1.82, 2.24) is 0 Å². The summed E-state index contributed by atoms with van der Waals surface area (Å²) in [5.41, 5.74) is 1.64. The Labute approximate surface area is 127 Å². The van der Waals surface area contributed by atoms with Crippen LogP contribution >= 0.6 is 0 Å². The Bertz CT molecular complexity index is 293. The molecule has 0 aliphatic carbocycles. The van der Waals surface area contributed by atoms with E-state index in [2.05, 4.69) is 51.3 Å². The molecular weight excluding hydrogens is 240 g/mol. The van der Waals surface area contributed by atoms with Crippen LogP contribution in [0.25, 0.3) is 0 Å². The second kappa shape index (κ2) is 14.4. The van der Waals surface area contributed by atoms with Crippen molar-refractivity contribution >= 4 is 0 Å². The molecule has 0 heteroatoms. The molecule has 0 nitrogen and oxygen atoms in total. The maximum atomic E-state index is 3.88. The molecule has 0 fully saturated rings. The fourth-order valence-electron chi connectivity index (χ4n) is 2.21. The summed E-state index contributed by atoms with van der Waals surface area (Å²) in [6, 6.07) is 0. The maximum Gasteiger partial charge on any atom is -0.0262 e. The van der Waals surface area contributed by atoms with Gasteiger partial charge in [-0.25, -0.2) is 0 Å². The average molecular weight is 274 g/mol. The van der Waals surface area contributed by atoms with Gasteiger partial charge in [0.05, 0.1) is 0 Å². The quantitative estimate of drug-likeness (QED) is 0.250. The summed E-state index contributed by atoms with van der Waals surface area (Å²) in [7, 11) is 0. The van der Waals surface area contributed by atoms with Gasteiger partial charge in [-0.15, -0.1) is 13.2 Å². The molecule has 1 atom stereocenters. The molecule has 0 radical (unpaired) electrons. The molecule has 0 aromatic heterocycles. The topological polar surface area (TPSA) is 0 Å². The Morgan fingerprint density at radius 3 is 2.40 bits per heavy atom. The maximum absolute atomic E-state index is 3.88. The summed E-state index contributed by atoms with van der Waals surface area (Å²) in [6.07, 6.45) is 22.2. The van der Waals surface area contributed by atoms with Gasteiger partial charge in [-0.05, 0) is 70.6 Å². The number of hydrogen-bond acceptors (Lipinski definition) is 0. The molecule has 0 saturated heterocycles. The Hall–Kier alpha value is -1.04. The van der Waals surface area contributed by atoms with Gasteiger partial charge < -0.3 is 0 Å². The van der Waals surface area contributed by atoms with E-state index >= 15 is 0 Å². The zero-order chi connectivity index (χ0) is 15.1. The normalized spacial score (nSPS) is 13.6.